The number of carbonyl (C=O) groups is 1. The summed E-state index contributed by atoms with van der Waals surface area (Å²) in [5.74, 6) is -0.0961. The first kappa shape index (κ1) is 12.2. The van der Waals surface area contributed by atoms with Gasteiger partial charge in [-0.15, -0.1) is 0 Å². The van der Waals surface area contributed by atoms with Gasteiger partial charge in [0.15, 0.2) is 5.75 Å². The number of hydrogen-bond donors (Lipinski definition) is 2. The molecule has 5 heteroatoms. The van der Waals surface area contributed by atoms with Crippen molar-refractivity contribution >= 4 is 11.6 Å². The van der Waals surface area contributed by atoms with Crippen molar-refractivity contribution in [2.24, 2.45) is 0 Å². The van der Waals surface area contributed by atoms with Gasteiger partial charge in [-0.25, -0.2) is 0 Å². The molecule has 2 heterocycles. The van der Waals surface area contributed by atoms with Gasteiger partial charge in [0.1, 0.15) is 6.07 Å². The zero-order valence-corrected chi connectivity index (χ0v) is 10.6. The lowest BCUT2D eigenvalue weighted by Crippen LogP contribution is -2.18. The van der Waals surface area contributed by atoms with Crippen LogP contribution >= 0.6 is 0 Å². The van der Waals surface area contributed by atoms with Crippen molar-refractivity contribution in [1.82, 2.24) is 4.98 Å². The molecule has 2 N–H and O–H groups in total. The van der Waals surface area contributed by atoms with Gasteiger partial charge in [-0.05, 0) is 30.2 Å². The van der Waals surface area contributed by atoms with Crippen LogP contribution in [-0.2, 0) is 11.2 Å². The molecule has 0 saturated carbocycles. The molecule has 2 aromatic rings. The molecule has 0 atom stereocenters. The Hall–Kier alpha value is -2.87. The smallest absolute Gasteiger partial charge is 0.224 e. The Kier molecular flexibility index (Phi) is 2.84. The van der Waals surface area contributed by atoms with Gasteiger partial charge in [-0.1, -0.05) is 6.07 Å². The van der Waals surface area contributed by atoms with E-state index in [0.29, 0.717) is 18.5 Å². The normalized spacial score (nSPS) is 13.2. The minimum atomic E-state index is -0.124. The van der Waals surface area contributed by atoms with Gasteiger partial charge in [0.2, 0.25) is 5.91 Å². The second-order valence-corrected chi connectivity index (χ2v) is 4.62. The van der Waals surface area contributed by atoms with Gasteiger partial charge in [0.05, 0.1) is 17.5 Å². The van der Waals surface area contributed by atoms with Gasteiger partial charge in [-0.2, -0.15) is 5.26 Å². The molecule has 1 aliphatic rings. The molecule has 20 heavy (non-hydrogen) atoms. The topological polar surface area (TPSA) is 86.0 Å². The van der Waals surface area contributed by atoms with Gasteiger partial charge < -0.3 is 10.4 Å². The van der Waals surface area contributed by atoms with Crippen molar-refractivity contribution in [2.75, 3.05) is 5.32 Å². The fourth-order valence-corrected chi connectivity index (χ4v) is 2.24. The van der Waals surface area contributed by atoms with E-state index in [1.807, 2.05) is 24.3 Å². The van der Waals surface area contributed by atoms with Crippen LogP contribution in [-0.4, -0.2) is 16.0 Å². The van der Waals surface area contributed by atoms with Crippen LogP contribution in [0.1, 0.15) is 17.5 Å². The number of pyridine rings is 1. The van der Waals surface area contributed by atoms with Crippen molar-refractivity contribution < 1.29 is 9.90 Å². The number of nitriles is 1. The zero-order chi connectivity index (χ0) is 14.1. The number of nitrogens with one attached hydrogen (secondary N) is 1. The van der Waals surface area contributed by atoms with Crippen LogP contribution in [0.15, 0.2) is 30.5 Å². The molecule has 0 spiro atoms. The summed E-state index contributed by atoms with van der Waals surface area (Å²) >= 11 is 0. The van der Waals surface area contributed by atoms with Crippen molar-refractivity contribution in [3.05, 3.63) is 41.6 Å². The summed E-state index contributed by atoms with van der Waals surface area (Å²) in [4.78, 5) is 15.4. The summed E-state index contributed by atoms with van der Waals surface area (Å²) in [5.41, 5.74) is 3.55. The van der Waals surface area contributed by atoms with Crippen molar-refractivity contribution in [1.29, 1.82) is 5.26 Å². The van der Waals surface area contributed by atoms with E-state index in [9.17, 15) is 9.90 Å². The Morgan fingerprint density at radius 1 is 1.30 bits per heavy atom. The number of rotatable bonds is 1. The SMILES string of the molecule is N#Cc1cc(-c2ccc3c(c2)CCC(=O)N3)ncc1O. The Morgan fingerprint density at radius 2 is 2.15 bits per heavy atom. The first-order chi connectivity index (χ1) is 9.67. The summed E-state index contributed by atoms with van der Waals surface area (Å²) < 4.78 is 0. The number of fused-ring (bicyclic) bond motifs is 1. The predicted octanol–water partition coefficient (Wildman–Crippen LogP) is 2.21. The number of nitrogens with zero attached hydrogens (tertiary/aromatic N) is 2. The number of carbonyl (C=O) groups excluding carboxylic acids is 1. The second-order valence-electron chi connectivity index (χ2n) is 4.62. The van der Waals surface area contributed by atoms with E-state index in [4.69, 9.17) is 5.26 Å². The molecule has 1 aromatic carbocycles. The predicted molar refractivity (Wildman–Crippen MR) is 73.0 cm³/mol. The maximum atomic E-state index is 11.3. The highest BCUT2D eigenvalue weighted by Crippen LogP contribution is 2.29. The summed E-state index contributed by atoms with van der Waals surface area (Å²) in [6, 6.07) is 9.11. The number of aromatic nitrogens is 1. The van der Waals surface area contributed by atoms with E-state index in [-0.39, 0.29) is 17.2 Å². The molecular formula is C15H11N3O2. The molecular weight excluding hydrogens is 254 g/mol. The number of aromatic hydroxyl groups is 1. The maximum Gasteiger partial charge on any atom is 0.224 e. The van der Waals surface area contributed by atoms with Crippen molar-refractivity contribution in [3.8, 4) is 23.1 Å². The maximum absolute atomic E-state index is 11.3. The summed E-state index contributed by atoms with van der Waals surface area (Å²) in [7, 11) is 0. The molecule has 3 rings (SSSR count). The second kappa shape index (κ2) is 4.67. The van der Waals surface area contributed by atoms with E-state index >= 15 is 0 Å². The van der Waals surface area contributed by atoms with Gasteiger partial charge in [0.25, 0.3) is 0 Å². The average molecular weight is 265 g/mol. The quantitative estimate of drug-likeness (QED) is 0.827. The molecule has 0 aliphatic carbocycles. The molecule has 1 aromatic heterocycles. The summed E-state index contributed by atoms with van der Waals surface area (Å²) in [5, 5.41) is 21.2. The number of amides is 1. The third-order valence-corrected chi connectivity index (χ3v) is 3.30. The highest BCUT2D eigenvalue weighted by atomic mass is 16.3. The third kappa shape index (κ3) is 2.08. The van der Waals surface area contributed by atoms with Gasteiger partial charge in [0, 0.05) is 17.7 Å². The molecule has 0 saturated heterocycles. The fraction of sp³-hybridized carbons (Fsp3) is 0.133. The minimum absolute atomic E-state index is 0.0276. The molecule has 0 bridgehead atoms. The first-order valence-corrected chi connectivity index (χ1v) is 6.19. The Labute approximate surface area is 115 Å². The monoisotopic (exact) mass is 265 g/mol. The van der Waals surface area contributed by atoms with Crippen LogP contribution in [0.25, 0.3) is 11.3 Å². The summed E-state index contributed by atoms with van der Waals surface area (Å²) in [6.07, 6.45) is 2.44. The highest BCUT2D eigenvalue weighted by Gasteiger charge is 2.15. The van der Waals surface area contributed by atoms with E-state index in [0.717, 1.165) is 16.8 Å². The number of aryl methyl sites for hydroxylation is 1. The molecule has 0 fully saturated rings. The standard InChI is InChI=1S/C15H11N3O2/c16-7-11-6-13(17-8-14(11)19)10-1-3-12-9(5-10)2-4-15(20)18-12/h1,3,5-6,8,19H,2,4H2,(H,18,20). The van der Waals surface area contributed by atoms with Gasteiger partial charge in [-0.3, -0.25) is 9.78 Å². The highest BCUT2D eigenvalue weighted by molar-refractivity contribution is 5.94. The van der Waals surface area contributed by atoms with Crippen LogP contribution in [0.3, 0.4) is 0 Å². The average Bonchev–Trinajstić information content (AvgIpc) is 2.47. The van der Waals surface area contributed by atoms with Gasteiger partial charge >= 0.3 is 0 Å². The molecule has 1 amide bonds. The molecule has 0 radical (unpaired) electrons. The minimum Gasteiger partial charge on any atom is -0.505 e. The van der Waals surface area contributed by atoms with Crippen LogP contribution in [0, 0.1) is 11.3 Å². The Balaban J connectivity index is 2.03. The molecule has 98 valence electrons. The van der Waals surface area contributed by atoms with E-state index in [1.165, 1.54) is 6.20 Å². The largest absolute Gasteiger partial charge is 0.505 e. The van der Waals surface area contributed by atoms with Crippen LogP contribution in [0.2, 0.25) is 0 Å². The lowest BCUT2D eigenvalue weighted by molar-refractivity contribution is -0.116. The van der Waals surface area contributed by atoms with Crippen LogP contribution < -0.4 is 5.32 Å². The van der Waals surface area contributed by atoms with E-state index < -0.39 is 0 Å². The van der Waals surface area contributed by atoms with Crippen LogP contribution in [0.4, 0.5) is 5.69 Å². The molecule has 0 unspecified atom stereocenters. The molecule has 1 aliphatic heterocycles. The number of anilines is 1. The first-order valence-electron chi connectivity index (χ1n) is 6.19. The number of hydrogen-bond acceptors (Lipinski definition) is 4. The lowest BCUT2D eigenvalue weighted by atomic mass is 9.98. The van der Waals surface area contributed by atoms with E-state index in [2.05, 4.69) is 10.3 Å². The number of benzene rings is 1. The third-order valence-electron chi connectivity index (χ3n) is 3.30. The lowest BCUT2D eigenvalue weighted by Gasteiger charge is -2.17. The van der Waals surface area contributed by atoms with E-state index in [1.54, 1.807) is 6.07 Å². The van der Waals surface area contributed by atoms with Crippen LogP contribution in [0.5, 0.6) is 5.75 Å². The Bertz CT molecular complexity index is 747. The summed E-state index contributed by atoms with van der Waals surface area (Å²) in [6.45, 7) is 0. The Morgan fingerprint density at radius 3 is 2.95 bits per heavy atom. The molecule has 5 nitrogen and oxygen atoms in total. The van der Waals surface area contributed by atoms with Crippen molar-refractivity contribution in [3.63, 3.8) is 0 Å². The fourth-order valence-electron chi connectivity index (χ4n) is 2.24. The van der Waals surface area contributed by atoms with Crippen molar-refractivity contribution in [2.45, 2.75) is 12.8 Å². The zero-order valence-electron chi connectivity index (χ0n) is 10.6.